The molecule has 2 aromatic carbocycles. The standard InChI is InChI=1S/C17H18BrFN2O/c18-14-5-3-6-15(12-14)20-11-9-17(22)21-10-8-13-4-1-2-7-16(13)19/h1-7,12,20H,8-11H2,(H,21,22). The number of carbonyl (C=O) groups is 1. The third-order valence-corrected chi connectivity index (χ3v) is 3.67. The minimum Gasteiger partial charge on any atom is -0.384 e. The summed E-state index contributed by atoms with van der Waals surface area (Å²) < 4.78 is 14.4. The summed E-state index contributed by atoms with van der Waals surface area (Å²) in [6.45, 7) is 0.999. The molecule has 0 aliphatic rings. The lowest BCUT2D eigenvalue weighted by molar-refractivity contribution is -0.120. The van der Waals surface area contributed by atoms with Crippen molar-refractivity contribution < 1.29 is 9.18 Å². The molecule has 116 valence electrons. The SMILES string of the molecule is O=C(CCNc1cccc(Br)c1)NCCc1ccccc1F. The first kappa shape index (κ1) is 16.5. The highest BCUT2D eigenvalue weighted by molar-refractivity contribution is 9.10. The van der Waals surface area contributed by atoms with E-state index in [-0.39, 0.29) is 11.7 Å². The van der Waals surface area contributed by atoms with E-state index in [1.807, 2.05) is 24.3 Å². The van der Waals surface area contributed by atoms with Gasteiger partial charge in [-0.15, -0.1) is 0 Å². The maximum atomic E-state index is 13.4. The first-order valence-corrected chi connectivity index (χ1v) is 7.94. The van der Waals surface area contributed by atoms with Crippen molar-refractivity contribution in [2.24, 2.45) is 0 Å². The molecule has 2 aromatic rings. The van der Waals surface area contributed by atoms with Crippen molar-refractivity contribution in [3.63, 3.8) is 0 Å². The summed E-state index contributed by atoms with van der Waals surface area (Å²) in [6.07, 6.45) is 0.876. The highest BCUT2D eigenvalue weighted by atomic mass is 79.9. The van der Waals surface area contributed by atoms with E-state index in [4.69, 9.17) is 0 Å². The number of hydrogen-bond donors (Lipinski definition) is 2. The molecular formula is C17H18BrFN2O. The molecule has 0 aliphatic heterocycles. The number of carbonyl (C=O) groups excluding carboxylic acids is 1. The van der Waals surface area contributed by atoms with E-state index in [1.165, 1.54) is 6.07 Å². The van der Waals surface area contributed by atoms with Gasteiger partial charge in [0.25, 0.3) is 0 Å². The number of hydrogen-bond acceptors (Lipinski definition) is 2. The fourth-order valence-electron chi connectivity index (χ4n) is 2.04. The molecule has 0 spiro atoms. The predicted octanol–water partition coefficient (Wildman–Crippen LogP) is 3.75. The number of halogens is 2. The van der Waals surface area contributed by atoms with Crippen molar-refractivity contribution in [3.05, 3.63) is 64.4 Å². The topological polar surface area (TPSA) is 41.1 Å². The van der Waals surface area contributed by atoms with Crippen LogP contribution < -0.4 is 10.6 Å². The maximum absolute atomic E-state index is 13.4. The summed E-state index contributed by atoms with van der Waals surface area (Å²) in [7, 11) is 0. The van der Waals surface area contributed by atoms with Gasteiger partial charge >= 0.3 is 0 Å². The number of nitrogens with one attached hydrogen (secondary N) is 2. The van der Waals surface area contributed by atoms with Gasteiger partial charge in [0.1, 0.15) is 5.82 Å². The lowest BCUT2D eigenvalue weighted by Gasteiger charge is -2.08. The van der Waals surface area contributed by atoms with Crippen molar-refractivity contribution in [1.29, 1.82) is 0 Å². The fourth-order valence-corrected chi connectivity index (χ4v) is 2.44. The molecule has 0 atom stereocenters. The zero-order valence-electron chi connectivity index (χ0n) is 12.1. The average molecular weight is 365 g/mol. The van der Waals surface area contributed by atoms with Crippen molar-refractivity contribution in [2.75, 3.05) is 18.4 Å². The van der Waals surface area contributed by atoms with E-state index in [1.54, 1.807) is 18.2 Å². The second-order valence-corrected chi connectivity index (χ2v) is 5.79. The van der Waals surface area contributed by atoms with Gasteiger partial charge < -0.3 is 10.6 Å². The molecule has 0 fully saturated rings. The third kappa shape index (κ3) is 5.48. The second-order valence-electron chi connectivity index (χ2n) is 4.88. The Morgan fingerprint density at radius 1 is 1.09 bits per heavy atom. The highest BCUT2D eigenvalue weighted by Crippen LogP contribution is 2.15. The van der Waals surface area contributed by atoms with Gasteiger partial charge in [0, 0.05) is 29.7 Å². The molecule has 0 saturated carbocycles. The fraction of sp³-hybridized carbons (Fsp3) is 0.235. The van der Waals surface area contributed by atoms with Crippen molar-refractivity contribution in [2.45, 2.75) is 12.8 Å². The Morgan fingerprint density at radius 3 is 2.68 bits per heavy atom. The first-order chi connectivity index (χ1) is 10.6. The van der Waals surface area contributed by atoms with Crippen LogP contribution in [0.2, 0.25) is 0 Å². The molecule has 1 amide bonds. The molecule has 22 heavy (non-hydrogen) atoms. The van der Waals surface area contributed by atoms with Gasteiger partial charge in [-0.3, -0.25) is 4.79 Å². The largest absolute Gasteiger partial charge is 0.384 e. The van der Waals surface area contributed by atoms with Crippen LogP contribution in [0.4, 0.5) is 10.1 Å². The van der Waals surface area contributed by atoms with Crippen LogP contribution in [0.3, 0.4) is 0 Å². The summed E-state index contributed by atoms with van der Waals surface area (Å²) in [5.74, 6) is -0.271. The molecule has 2 N–H and O–H groups in total. The normalized spacial score (nSPS) is 10.3. The van der Waals surface area contributed by atoms with E-state index in [0.29, 0.717) is 31.5 Å². The van der Waals surface area contributed by atoms with Crippen molar-refractivity contribution >= 4 is 27.5 Å². The minimum absolute atomic E-state index is 0.0427. The van der Waals surface area contributed by atoms with Gasteiger partial charge in [-0.2, -0.15) is 0 Å². The Bertz CT molecular complexity index is 634. The summed E-state index contributed by atoms with van der Waals surface area (Å²) in [5.41, 5.74) is 1.59. The van der Waals surface area contributed by atoms with Crippen molar-refractivity contribution in [1.82, 2.24) is 5.32 Å². The van der Waals surface area contributed by atoms with Crippen LogP contribution in [0.1, 0.15) is 12.0 Å². The van der Waals surface area contributed by atoms with Crippen LogP contribution in [0.25, 0.3) is 0 Å². The zero-order valence-corrected chi connectivity index (χ0v) is 13.7. The summed E-state index contributed by atoms with van der Waals surface area (Å²) in [6, 6.07) is 14.4. The molecule has 5 heteroatoms. The highest BCUT2D eigenvalue weighted by Gasteiger charge is 2.03. The van der Waals surface area contributed by atoms with Crippen LogP contribution in [-0.4, -0.2) is 19.0 Å². The van der Waals surface area contributed by atoms with Gasteiger partial charge in [-0.05, 0) is 36.2 Å². The Hall–Kier alpha value is -1.88. The van der Waals surface area contributed by atoms with Crippen LogP contribution in [-0.2, 0) is 11.2 Å². The summed E-state index contributed by atoms with van der Waals surface area (Å²) >= 11 is 3.40. The van der Waals surface area contributed by atoms with Gasteiger partial charge in [-0.25, -0.2) is 4.39 Å². The summed E-state index contributed by atoms with van der Waals surface area (Å²) in [4.78, 5) is 11.7. The molecule has 0 radical (unpaired) electrons. The molecule has 0 saturated heterocycles. The van der Waals surface area contributed by atoms with E-state index in [0.717, 1.165) is 10.2 Å². The number of amides is 1. The van der Waals surface area contributed by atoms with E-state index in [9.17, 15) is 9.18 Å². The molecule has 0 heterocycles. The zero-order chi connectivity index (χ0) is 15.8. The van der Waals surface area contributed by atoms with E-state index in [2.05, 4.69) is 26.6 Å². The van der Waals surface area contributed by atoms with E-state index < -0.39 is 0 Å². The molecule has 0 aromatic heterocycles. The predicted molar refractivity (Wildman–Crippen MR) is 90.4 cm³/mol. The second kappa shape index (κ2) is 8.54. The van der Waals surface area contributed by atoms with Gasteiger partial charge in [0.15, 0.2) is 0 Å². The van der Waals surface area contributed by atoms with Gasteiger partial charge in [0.2, 0.25) is 5.91 Å². The van der Waals surface area contributed by atoms with Gasteiger partial charge in [0.05, 0.1) is 0 Å². The monoisotopic (exact) mass is 364 g/mol. The Morgan fingerprint density at radius 2 is 1.91 bits per heavy atom. The van der Waals surface area contributed by atoms with Crippen molar-refractivity contribution in [3.8, 4) is 0 Å². The Kier molecular flexibility index (Phi) is 6.40. The molecule has 2 rings (SSSR count). The lowest BCUT2D eigenvalue weighted by Crippen LogP contribution is -2.27. The molecule has 3 nitrogen and oxygen atoms in total. The molecular weight excluding hydrogens is 347 g/mol. The van der Waals surface area contributed by atoms with Crippen LogP contribution in [0.15, 0.2) is 53.0 Å². The summed E-state index contributed by atoms with van der Waals surface area (Å²) in [5, 5.41) is 5.98. The molecule has 0 unspecified atom stereocenters. The van der Waals surface area contributed by atoms with Crippen LogP contribution in [0.5, 0.6) is 0 Å². The number of anilines is 1. The molecule has 0 bridgehead atoms. The Labute approximate surface area is 138 Å². The minimum atomic E-state index is -0.229. The quantitative estimate of drug-likeness (QED) is 0.785. The van der Waals surface area contributed by atoms with Crippen LogP contribution >= 0.6 is 15.9 Å². The maximum Gasteiger partial charge on any atom is 0.221 e. The molecule has 0 aliphatic carbocycles. The smallest absolute Gasteiger partial charge is 0.221 e. The lowest BCUT2D eigenvalue weighted by atomic mass is 10.1. The Balaban J connectivity index is 1.65. The van der Waals surface area contributed by atoms with E-state index >= 15 is 0 Å². The number of benzene rings is 2. The first-order valence-electron chi connectivity index (χ1n) is 7.15. The van der Waals surface area contributed by atoms with Gasteiger partial charge in [-0.1, -0.05) is 40.2 Å². The number of rotatable bonds is 7. The average Bonchev–Trinajstić information content (AvgIpc) is 2.49. The van der Waals surface area contributed by atoms with Crippen LogP contribution in [0, 0.1) is 5.82 Å². The third-order valence-electron chi connectivity index (χ3n) is 3.18.